The molecule has 114 valence electrons. The summed E-state index contributed by atoms with van der Waals surface area (Å²) in [5, 5.41) is 8.46. The zero-order valence-corrected chi connectivity index (χ0v) is 13.5. The number of nitrogens with one attached hydrogen (secondary N) is 1. The molecule has 1 aromatic carbocycles. The van der Waals surface area contributed by atoms with Gasteiger partial charge in [0.1, 0.15) is 5.75 Å². The van der Waals surface area contributed by atoms with Crippen molar-refractivity contribution in [2.75, 3.05) is 13.2 Å². The molecule has 5 heteroatoms. The quantitative estimate of drug-likeness (QED) is 0.850. The molecule has 0 amide bonds. The molecule has 0 aliphatic heterocycles. The first-order chi connectivity index (χ1) is 10.2. The fourth-order valence-corrected chi connectivity index (χ4v) is 2.67. The van der Waals surface area contributed by atoms with Gasteiger partial charge in [-0.25, -0.2) is 0 Å². The maximum Gasteiger partial charge on any atom is 0.124 e. The molecule has 0 aliphatic rings. The predicted octanol–water partition coefficient (Wildman–Crippen LogP) is 3.56. The Morgan fingerprint density at radius 2 is 2.10 bits per heavy atom. The van der Waals surface area contributed by atoms with Crippen molar-refractivity contribution in [2.45, 2.75) is 26.3 Å². The second kappa shape index (κ2) is 7.48. The number of nitrogens with zero attached hydrogens (tertiary/aromatic N) is 2. The van der Waals surface area contributed by atoms with Crippen molar-refractivity contribution >= 4 is 11.6 Å². The molecule has 0 saturated carbocycles. The summed E-state index contributed by atoms with van der Waals surface area (Å²) in [6.07, 6.45) is 2.73. The Hall–Kier alpha value is -1.52. The lowest BCUT2D eigenvalue weighted by atomic mass is 10.0. The lowest BCUT2D eigenvalue weighted by Crippen LogP contribution is -2.26. The number of aryl methyl sites for hydroxylation is 1. The van der Waals surface area contributed by atoms with Crippen LogP contribution in [0, 0.1) is 0 Å². The van der Waals surface area contributed by atoms with Crippen molar-refractivity contribution in [3.8, 4) is 5.75 Å². The summed E-state index contributed by atoms with van der Waals surface area (Å²) in [5.41, 5.74) is 2.04. The van der Waals surface area contributed by atoms with Gasteiger partial charge in [0.05, 0.1) is 29.6 Å². The summed E-state index contributed by atoms with van der Waals surface area (Å²) < 4.78 is 7.58. The summed E-state index contributed by atoms with van der Waals surface area (Å²) in [7, 11) is 1.91. The highest BCUT2D eigenvalue weighted by atomic mass is 35.5. The highest BCUT2D eigenvalue weighted by Crippen LogP contribution is 2.33. The van der Waals surface area contributed by atoms with Crippen LogP contribution >= 0.6 is 11.6 Å². The maximum atomic E-state index is 6.33. The van der Waals surface area contributed by atoms with Crippen LogP contribution in [0.5, 0.6) is 5.75 Å². The molecule has 1 atom stereocenters. The zero-order chi connectivity index (χ0) is 15.2. The van der Waals surface area contributed by atoms with Crippen LogP contribution in [0.3, 0.4) is 0 Å². The molecule has 21 heavy (non-hydrogen) atoms. The molecule has 2 aromatic rings. The van der Waals surface area contributed by atoms with Crippen molar-refractivity contribution in [3.05, 3.63) is 46.7 Å². The van der Waals surface area contributed by atoms with Gasteiger partial charge in [0.2, 0.25) is 0 Å². The van der Waals surface area contributed by atoms with E-state index in [4.69, 9.17) is 16.3 Å². The number of aromatic nitrogens is 2. The highest BCUT2D eigenvalue weighted by molar-refractivity contribution is 6.31. The first-order valence-corrected chi connectivity index (χ1v) is 7.69. The summed E-state index contributed by atoms with van der Waals surface area (Å²) in [5.74, 6) is 0.880. The van der Waals surface area contributed by atoms with E-state index in [9.17, 15) is 0 Å². The molecule has 0 saturated heterocycles. The van der Waals surface area contributed by atoms with Crippen LogP contribution < -0.4 is 10.1 Å². The number of hydrogen-bond donors (Lipinski definition) is 1. The first-order valence-electron chi connectivity index (χ1n) is 7.31. The molecular weight excluding hydrogens is 286 g/mol. The average molecular weight is 308 g/mol. The molecular formula is C16H22ClN3O. The molecule has 1 heterocycles. The molecule has 1 N–H and O–H groups in total. The van der Waals surface area contributed by atoms with Gasteiger partial charge in [0.15, 0.2) is 0 Å². The third-order valence-electron chi connectivity index (χ3n) is 3.34. The smallest absolute Gasteiger partial charge is 0.124 e. The van der Waals surface area contributed by atoms with Crippen LogP contribution in [0.2, 0.25) is 5.02 Å². The maximum absolute atomic E-state index is 6.33. The second-order valence-electron chi connectivity index (χ2n) is 4.86. The Labute approximate surface area is 131 Å². The van der Waals surface area contributed by atoms with Crippen LogP contribution in [0.15, 0.2) is 30.5 Å². The third kappa shape index (κ3) is 3.57. The van der Waals surface area contributed by atoms with Gasteiger partial charge >= 0.3 is 0 Å². The van der Waals surface area contributed by atoms with Gasteiger partial charge in [0.25, 0.3) is 0 Å². The van der Waals surface area contributed by atoms with Crippen molar-refractivity contribution in [2.24, 2.45) is 7.05 Å². The molecule has 0 spiro atoms. The van der Waals surface area contributed by atoms with Gasteiger partial charge in [-0.3, -0.25) is 4.68 Å². The molecule has 4 nitrogen and oxygen atoms in total. The van der Waals surface area contributed by atoms with E-state index >= 15 is 0 Å². The molecule has 1 aromatic heterocycles. The average Bonchev–Trinajstić information content (AvgIpc) is 2.81. The topological polar surface area (TPSA) is 39.1 Å². The highest BCUT2D eigenvalue weighted by Gasteiger charge is 2.23. The fourth-order valence-electron chi connectivity index (χ4n) is 2.39. The minimum absolute atomic E-state index is 0.0345. The fraction of sp³-hybridized carbons (Fsp3) is 0.438. The molecule has 0 aliphatic carbocycles. The summed E-state index contributed by atoms with van der Waals surface area (Å²) >= 11 is 6.33. The molecule has 0 fully saturated rings. The van der Waals surface area contributed by atoms with Crippen molar-refractivity contribution < 1.29 is 4.74 Å². The Morgan fingerprint density at radius 1 is 1.33 bits per heavy atom. The van der Waals surface area contributed by atoms with E-state index in [1.165, 1.54) is 0 Å². The molecule has 2 rings (SSSR count). The lowest BCUT2D eigenvalue weighted by Gasteiger charge is -2.22. The van der Waals surface area contributed by atoms with E-state index < -0.39 is 0 Å². The van der Waals surface area contributed by atoms with Crippen LogP contribution in [-0.2, 0) is 7.05 Å². The second-order valence-corrected chi connectivity index (χ2v) is 5.27. The van der Waals surface area contributed by atoms with E-state index in [0.717, 1.165) is 30.0 Å². The number of benzene rings is 1. The Bertz CT molecular complexity index is 563. The van der Waals surface area contributed by atoms with Gasteiger partial charge in [-0.15, -0.1) is 0 Å². The minimum atomic E-state index is -0.0345. The monoisotopic (exact) mass is 307 g/mol. The van der Waals surface area contributed by atoms with Crippen LogP contribution in [0.4, 0.5) is 0 Å². The summed E-state index contributed by atoms with van der Waals surface area (Å²) in [6, 6.07) is 8.03. The van der Waals surface area contributed by atoms with Gasteiger partial charge in [-0.1, -0.05) is 36.7 Å². The van der Waals surface area contributed by atoms with E-state index in [0.29, 0.717) is 11.6 Å². The third-order valence-corrected chi connectivity index (χ3v) is 3.63. The summed E-state index contributed by atoms with van der Waals surface area (Å²) in [6.45, 7) is 5.66. The summed E-state index contributed by atoms with van der Waals surface area (Å²) in [4.78, 5) is 0. The first kappa shape index (κ1) is 15.9. The van der Waals surface area contributed by atoms with Crippen molar-refractivity contribution in [3.63, 3.8) is 0 Å². The van der Waals surface area contributed by atoms with E-state index in [-0.39, 0.29) is 6.04 Å². The number of rotatable bonds is 7. The lowest BCUT2D eigenvalue weighted by molar-refractivity contribution is 0.333. The Balaban J connectivity index is 2.46. The standard InChI is InChI=1S/C16H22ClN3O/c1-4-10-18-15(16-13(17)11-19-20(16)3)12-8-6-7-9-14(12)21-5-2/h6-9,11,15,18H,4-5,10H2,1-3H3. The molecule has 0 radical (unpaired) electrons. The SMILES string of the molecule is CCCNC(c1ccccc1OCC)c1c(Cl)cnn1C. The zero-order valence-electron chi connectivity index (χ0n) is 12.8. The minimum Gasteiger partial charge on any atom is -0.494 e. The van der Waals surface area contributed by atoms with Crippen LogP contribution in [0.25, 0.3) is 0 Å². The van der Waals surface area contributed by atoms with Crippen molar-refractivity contribution in [1.29, 1.82) is 0 Å². The van der Waals surface area contributed by atoms with E-state index in [1.54, 1.807) is 6.20 Å². The predicted molar refractivity (Wildman–Crippen MR) is 86.0 cm³/mol. The molecule has 0 bridgehead atoms. The van der Waals surface area contributed by atoms with Gasteiger partial charge in [-0.05, 0) is 26.0 Å². The van der Waals surface area contributed by atoms with Crippen LogP contribution in [0.1, 0.15) is 37.6 Å². The van der Waals surface area contributed by atoms with E-state index in [2.05, 4.69) is 23.4 Å². The van der Waals surface area contributed by atoms with Crippen LogP contribution in [-0.4, -0.2) is 22.9 Å². The van der Waals surface area contributed by atoms with E-state index in [1.807, 2.05) is 36.9 Å². The Morgan fingerprint density at radius 3 is 2.71 bits per heavy atom. The number of halogens is 1. The van der Waals surface area contributed by atoms with Crippen molar-refractivity contribution in [1.82, 2.24) is 15.1 Å². The normalized spacial score (nSPS) is 12.4. The number of para-hydroxylation sites is 1. The van der Waals surface area contributed by atoms with Gasteiger partial charge in [0, 0.05) is 12.6 Å². The largest absolute Gasteiger partial charge is 0.494 e. The van der Waals surface area contributed by atoms with Gasteiger partial charge < -0.3 is 10.1 Å². The molecule has 1 unspecified atom stereocenters. The van der Waals surface area contributed by atoms with Gasteiger partial charge in [-0.2, -0.15) is 5.10 Å². The number of hydrogen-bond acceptors (Lipinski definition) is 3. The number of ether oxygens (including phenoxy) is 1. The Kier molecular flexibility index (Phi) is 5.65.